The number of aromatic nitrogens is 3. The first kappa shape index (κ1) is 20.0. The predicted molar refractivity (Wildman–Crippen MR) is 111 cm³/mol. The standard InChI is InChI=1S/C22H28N4O2/c1-14(2)26-20-18(13-24-26)17(21(27)23-11-10-22(4,5)28)12-19(25-20)16-9-7-6-8-15(16)3/h6-9,12-14,28H,10-11H2,1-5H3,(H,23,27). The first-order valence-electron chi connectivity index (χ1n) is 9.62. The van der Waals surface area contributed by atoms with E-state index in [1.54, 1.807) is 20.0 Å². The number of pyridine rings is 1. The number of fused-ring (bicyclic) bond motifs is 1. The molecule has 0 aliphatic rings. The topological polar surface area (TPSA) is 80.0 Å². The van der Waals surface area contributed by atoms with Gasteiger partial charge in [-0.05, 0) is 52.7 Å². The molecule has 148 valence electrons. The van der Waals surface area contributed by atoms with Crippen LogP contribution in [-0.2, 0) is 0 Å². The Bertz CT molecular complexity index is 999. The lowest BCUT2D eigenvalue weighted by molar-refractivity contribution is 0.0693. The van der Waals surface area contributed by atoms with Crippen molar-refractivity contribution in [2.45, 2.75) is 52.7 Å². The largest absolute Gasteiger partial charge is 0.390 e. The minimum Gasteiger partial charge on any atom is -0.390 e. The minimum absolute atomic E-state index is 0.128. The number of nitrogens with zero attached hydrogens (tertiary/aromatic N) is 3. The van der Waals surface area contributed by atoms with Gasteiger partial charge in [-0.1, -0.05) is 24.3 Å². The number of amides is 1. The summed E-state index contributed by atoms with van der Waals surface area (Å²) in [5.41, 5.74) is 3.26. The molecule has 3 rings (SSSR count). The highest BCUT2D eigenvalue weighted by molar-refractivity contribution is 6.06. The lowest BCUT2D eigenvalue weighted by atomic mass is 10.0. The van der Waals surface area contributed by atoms with Crippen LogP contribution in [0.25, 0.3) is 22.3 Å². The van der Waals surface area contributed by atoms with Crippen molar-refractivity contribution in [2.75, 3.05) is 6.54 Å². The molecule has 6 heteroatoms. The van der Waals surface area contributed by atoms with E-state index in [4.69, 9.17) is 4.98 Å². The molecule has 2 aromatic heterocycles. The van der Waals surface area contributed by atoms with Gasteiger partial charge >= 0.3 is 0 Å². The number of carbonyl (C=O) groups excluding carboxylic acids is 1. The molecule has 2 heterocycles. The summed E-state index contributed by atoms with van der Waals surface area (Å²) in [6, 6.07) is 9.95. The molecule has 0 spiro atoms. The van der Waals surface area contributed by atoms with Crippen LogP contribution in [0.2, 0.25) is 0 Å². The number of carbonyl (C=O) groups is 1. The maximum atomic E-state index is 12.9. The molecule has 0 bridgehead atoms. The monoisotopic (exact) mass is 380 g/mol. The summed E-state index contributed by atoms with van der Waals surface area (Å²) in [4.78, 5) is 17.8. The number of aliphatic hydroxyl groups is 1. The first-order chi connectivity index (χ1) is 13.2. The number of benzene rings is 1. The summed E-state index contributed by atoms with van der Waals surface area (Å²) in [5.74, 6) is -0.185. The van der Waals surface area contributed by atoms with Gasteiger partial charge in [0, 0.05) is 18.2 Å². The van der Waals surface area contributed by atoms with E-state index in [2.05, 4.69) is 10.4 Å². The van der Waals surface area contributed by atoms with Crippen LogP contribution in [0.3, 0.4) is 0 Å². The second-order valence-corrected chi connectivity index (χ2v) is 8.11. The third kappa shape index (κ3) is 4.22. The van der Waals surface area contributed by atoms with Crippen LogP contribution < -0.4 is 5.32 Å². The number of hydrogen-bond acceptors (Lipinski definition) is 4. The Hall–Kier alpha value is -2.73. The van der Waals surface area contributed by atoms with Gasteiger partial charge in [-0.25, -0.2) is 9.67 Å². The number of nitrogens with one attached hydrogen (secondary N) is 1. The van der Waals surface area contributed by atoms with Gasteiger partial charge in [0.15, 0.2) is 5.65 Å². The Morgan fingerprint density at radius 2 is 2.00 bits per heavy atom. The summed E-state index contributed by atoms with van der Waals surface area (Å²) >= 11 is 0. The molecule has 1 amide bonds. The van der Waals surface area contributed by atoms with Crippen molar-refractivity contribution >= 4 is 16.9 Å². The van der Waals surface area contributed by atoms with E-state index in [-0.39, 0.29) is 11.9 Å². The summed E-state index contributed by atoms with van der Waals surface area (Å²) < 4.78 is 1.84. The van der Waals surface area contributed by atoms with E-state index in [1.165, 1.54) is 0 Å². The molecule has 2 N–H and O–H groups in total. The number of aryl methyl sites for hydroxylation is 1. The van der Waals surface area contributed by atoms with Crippen molar-refractivity contribution in [3.8, 4) is 11.3 Å². The molecule has 0 fully saturated rings. The van der Waals surface area contributed by atoms with E-state index >= 15 is 0 Å². The van der Waals surface area contributed by atoms with Crippen LogP contribution in [0, 0.1) is 6.92 Å². The van der Waals surface area contributed by atoms with Gasteiger partial charge in [0.1, 0.15) is 0 Å². The van der Waals surface area contributed by atoms with Gasteiger partial charge in [-0.15, -0.1) is 0 Å². The van der Waals surface area contributed by atoms with Crippen LogP contribution in [-0.4, -0.2) is 37.9 Å². The smallest absolute Gasteiger partial charge is 0.252 e. The summed E-state index contributed by atoms with van der Waals surface area (Å²) in [5, 5.41) is 18.0. The molecule has 28 heavy (non-hydrogen) atoms. The quantitative estimate of drug-likeness (QED) is 0.680. The summed E-state index contributed by atoms with van der Waals surface area (Å²) in [6.07, 6.45) is 2.18. The van der Waals surface area contributed by atoms with Crippen molar-refractivity contribution in [1.29, 1.82) is 0 Å². The average molecular weight is 380 g/mol. The molecule has 0 aliphatic heterocycles. The molecule has 0 atom stereocenters. The molecule has 1 aromatic carbocycles. The molecule has 0 unspecified atom stereocenters. The fourth-order valence-electron chi connectivity index (χ4n) is 3.16. The van der Waals surface area contributed by atoms with Gasteiger partial charge in [0.25, 0.3) is 5.91 Å². The summed E-state index contributed by atoms with van der Waals surface area (Å²) in [6.45, 7) is 9.96. The van der Waals surface area contributed by atoms with Gasteiger partial charge in [0.05, 0.1) is 28.4 Å². The zero-order chi connectivity index (χ0) is 20.5. The molecule has 0 saturated carbocycles. The molecular formula is C22H28N4O2. The Morgan fingerprint density at radius 1 is 1.29 bits per heavy atom. The maximum Gasteiger partial charge on any atom is 0.252 e. The molecule has 0 radical (unpaired) electrons. The number of rotatable bonds is 6. The van der Waals surface area contributed by atoms with E-state index in [0.717, 1.165) is 22.2 Å². The lowest BCUT2D eigenvalue weighted by Gasteiger charge is -2.17. The van der Waals surface area contributed by atoms with Crippen LogP contribution >= 0.6 is 0 Å². The zero-order valence-corrected chi connectivity index (χ0v) is 17.2. The summed E-state index contributed by atoms with van der Waals surface area (Å²) in [7, 11) is 0. The normalized spacial score (nSPS) is 12.0. The molecule has 0 aliphatic carbocycles. The Kier molecular flexibility index (Phi) is 5.52. The Morgan fingerprint density at radius 3 is 2.64 bits per heavy atom. The maximum absolute atomic E-state index is 12.9. The van der Waals surface area contributed by atoms with E-state index in [0.29, 0.717) is 24.2 Å². The fraction of sp³-hybridized carbons (Fsp3) is 0.409. The van der Waals surface area contributed by atoms with E-state index in [1.807, 2.05) is 55.8 Å². The minimum atomic E-state index is -0.824. The van der Waals surface area contributed by atoms with Crippen molar-refractivity contribution in [3.05, 3.63) is 47.7 Å². The molecular weight excluding hydrogens is 352 g/mol. The van der Waals surface area contributed by atoms with Crippen molar-refractivity contribution in [1.82, 2.24) is 20.1 Å². The van der Waals surface area contributed by atoms with Crippen molar-refractivity contribution in [2.24, 2.45) is 0 Å². The zero-order valence-electron chi connectivity index (χ0n) is 17.2. The first-order valence-corrected chi connectivity index (χ1v) is 9.62. The van der Waals surface area contributed by atoms with Gasteiger partial charge < -0.3 is 10.4 Å². The highest BCUT2D eigenvalue weighted by atomic mass is 16.3. The third-order valence-corrected chi connectivity index (χ3v) is 4.74. The number of hydrogen-bond donors (Lipinski definition) is 2. The predicted octanol–water partition coefficient (Wildman–Crippen LogP) is 3.88. The van der Waals surface area contributed by atoms with Gasteiger partial charge in [-0.3, -0.25) is 4.79 Å². The molecule has 6 nitrogen and oxygen atoms in total. The van der Waals surface area contributed by atoms with Crippen LogP contribution in [0.5, 0.6) is 0 Å². The fourth-order valence-corrected chi connectivity index (χ4v) is 3.16. The van der Waals surface area contributed by atoms with Crippen LogP contribution in [0.15, 0.2) is 36.5 Å². The van der Waals surface area contributed by atoms with Crippen molar-refractivity contribution < 1.29 is 9.90 Å². The van der Waals surface area contributed by atoms with E-state index in [9.17, 15) is 9.90 Å². The highest BCUT2D eigenvalue weighted by Crippen LogP contribution is 2.28. The van der Waals surface area contributed by atoms with Gasteiger partial charge in [-0.2, -0.15) is 5.10 Å². The highest BCUT2D eigenvalue weighted by Gasteiger charge is 2.20. The molecule has 0 saturated heterocycles. The Labute approximate surface area is 165 Å². The Balaban J connectivity index is 2.08. The van der Waals surface area contributed by atoms with Gasteiger partial charge in [0.2, 0.25) is 0 Å². The third-order valence-electron chi connectivity index (χ3n) is 4.74. The lowest BCUT2D eigenvalue weighted by Crippen LogP contribution is -2.30. The second kappa shape index (κ2) is 7.72. The van der Waals surface area contributed by atoms with Crippen molar-refractivity contribution in [3.63, 3.8) is 0 Å². The molecule has 3 aromatic rings. The average Bonchev–Trinajstić information content (AvgIpc) is 3.04. The van der Waals surface area contributed by atoms with Crippen LogP contribution in [0.4, 0.5) is 0 Å². The van der Waals surface area contributed by atoms with Crippen LogP contribution in [0.1, 0.15) is 56.1 Å². The SMILES string of the molecule is Cc1ccccc1-c1cc(C(=O)NCCC(C)(C)O)c2cnn(C(C)C)c2n1. The van der Waals surface area contributed by atoms with E-state index < -0.39 is 5.60 Å². The second-order valence-electron chi connectivity index (χ2n) is 8.11.